The molecule has 2 fully saturated rings. The number of fused-ring (bicyclic) bond motifs is 1. The van der Waals surface area contributed by atoms with Gasteiger partial charge < -0.3 is 14.9 Å². The van der Waals surface area contributed by atoms with E-state index in [1.54, 1.807) is 10.7 Å². The van der Waals surface area contributed by atoms with E-state index in [9.17, 15) is 36.3 Å². The van der Waals surface area contributed by atoms with Crippen LogP contribution < -0.4 is 4.90 Å². The van der Waals surface area contributed by atoms with Crippen LogP contribution in [-0.4, -0.2) is 121 Å². The third kappa shape index (κ3) is 9.06. The first kappa shape index (κ1) is 37.6. The van der Waals surface area contributed by atoms with E-state index in [1.807, 2.05) is 18.2 Å². The maximum absolute atomic E-state index is 14.1. The van der Waals surface area contributed by atoms with Gasteiger partial charge >= 0.3 is 6.18 Å². The van der Waals surface area contributed by atoms with Crippen molar-refractivity contribution in [3.8, 4) is 17.3 Å². The molecule has 4 heterocycles. The largest absolute Gasteiger partial charge is 0.417 e. The summed E-state index contributed by atoms with van der Waals surface area (Å²) in [7, 11) is -3.55. The predicted octanol–water partition coefficient (Wildman–Crippen LogP) is 4.47. The number of likely N-dealkylation sites (tertiary alicyclic amines) is 1. The van der Waals surface area contributed by atoms with Crippen LogP contribution in [0.2, 0.25) is 0 Å². The monoisotopic (exact) mass is 749 g/mol. The Hall–Kier alpha value is -3.20. The fourth-order valence-corrected chi connectivity index (χ4v) is 9.04. The number of para-hydroxylation sites is 1. The number of sulfonamides is 1. The number of hydrogen-bond donors (Lipinski definition) is 1. The van der Waals surface area contributed by atoms with Gasteiger partial charge in [-0.2, -0.15) is 27.8 Å². The molecule has 3 aromatic rings. The summed E-state index contributed by atoms with van der Waals surface area (Å²) in [6.45, 7) is 5.20. The number of hydrogen-bond acceptors (Lipinski definition) is 9. The number of piperidine rings is 1. The SMILES string of the molecule is CS(=O)(=O)N1CCc2c(c(-c3ccc(C(F)(F)F)c(SCCN4CCC(F)CC4)c3)nn2C[C@H](O)CN2CCN(c3ccccc3C#N)CC2)C1. The Morgan fingerprint density at radius 3 is 2.43 bits per heavy atom. The standard InChI is InChI=1S/C35H43F4N7O3S2/c1-51(48,49)45-13-10-32-29(24-45)34(25-6-7-30(35(37,38)39)33(20-25)50-19-18-42-11-8-27(36)9-12-42)41-46(32)23-28(47)22-43-14-16-44(17-15-43)31-5-3-2-4-26(31)21-40/h2-7,20,27-28,47H,8-19,22-24H2,1H3/t28-/m1/s1. The Labute approximate surface area is 300 Å². The summed E-state index contributed by atoms with van der Waals surface area (Å²) in [5, 5.41) is 25.6. The fourth-order valence-electron chi connectivity index (χ4n) is 7.14. The Morgan fingerprint density at radius 1 is 1.02 bits per heavy atom. The van der Waals surface area contributed by atoms with Gasteiger partial charge in [-0.25, -0.2) is 12.8 Å². The van der Waals surface area contributed by atoms with Gasteiger partial charge in [0.1, 0.15) is 12.2 Å². The van der Waals surface area contributed by atoms with Crippen molar-refractivity contribution in [3.05, 3.63) is 64.8 Å². The summed E-state index contributed by atoms with van der Waals surface area (Å²) in [6, 6.07) is 13.6. The average Bonchev–Trinajstić information content (AvgIpc) is 3.46. The van der Waals surface area contributed by atoms with Gasteiger partial charge in [0.05, 0.1) is 41.4 Å². The number of nitriles is 1. The zero-order valence-electron chi connectivity index (χ0n) is 28.5. The quantitative estimate of drug-likeness (QED) is 0.225. The molecular weight excluding hydrogens is 707 g/mol. The lowest BCUT2D eigenvalue weighted by Gasteiger charge is -2.37. The molecular formula is C35H43F4N7O3S2. The normalized spacial score (nSPS) is 19.2. The molecule has 16 heteroatoms. The van der Waals surface area contributed by atoms with E-state index in [4.69, 9.17) is 5.10 Å². The molecule has 6 rings (SSSR count). The van der Waals surface area contributed by atoms with Crippen LogP contribution >= 0.6 is 11.8 Å². The van der Waals surface area contributed by atoms with Crippen LogP contribution in [0.5, 0.6) is 0 Å². The summed E-state index contributed by atoms with van der Waals surface area (Å²) < 4.78 is 84.1. The van der Waals surface area contributed by atoms with E-state index in [-0.39, 0.29) is 24.5 Å². The summed E-state index contributed by atoms with van der Waals surface area (Å²) in [5.41, 5.74) is 2.97. The van der Waals surface area contributed by atoms with E-state index in [2.05, 4.69) is 20.8 Å². The average molecular weight is 750 g/mol. The van der Waals surface area contributed by atoms with Crippen LogP contribution in [0.3, 0.4) is 0 Å². The van der Waals surface area contributed by atoms with Gasteiger partial charge in [0, 0.05) is 99.3 Å². The van der Waals surface area contributed by atoms with Crippen LogP contribution in [0.25, 0.3) is 11.3 Å². The number of rotatable bonds is 11. The van der Waals surface area contributed by atoms with Gasteiger partial charge in [0.15, 0.2) is 0 Å². The van der Waals surface area contributed by atoms with Crippen LogP contribution in [0, 0.1) is 11.3 Å². The molecule has 0 aliphatic carbocycles. The van der Waals surface area contributed by atoms with Crippen molar-refractivity contribution in [3.63, 3.8) is 0 Å². The first-order valence-corrected chi connectivity index (χ1v) is 20.0. The Morgan fingerprint density at radius 2 is 1.75 bits per heavy atom. The van der Waals surface area contributed by atoms with Crippen LogP contribution in [0.1, 0.15) is 35.2 Å². The van der Waals surface area contributed by atoms with Crippen molar-refractivity contribution in [1.29, 1.82) is 5.26 Å². The Bertz CT molecular complexity index is 1830. The van der Waals surface area contributed by atoms with Gasteiger partial charge in [0.25, 0.3) is 0 Å². The van der Waals surface area contributed by atoms with Gasteiger partial charge in [-0.05, 0) is 37.1 Å². The molecule has 0 radical (unpaired) electrons. The first-order chi connectivity index (χ1) is 24.3. The number of aliphatic hydroxyl groups is 1. The molecule has 51 heavy (non-hydrogen) atoms. The molecule has 276 valence electrons. The number of aliphatic hydroxyl groups excluding tert-OH is 1. The zero-order chi connectivity index (χ0) is 36.3. The minimum atomic E-state index is -4.58. The number of aromatic nitrogens is 2. The lowest BCUT2D eigenvalue weighted by Crippen LogP contribution is -2.49. The third-order valence-corrected chi connectivity index (χ3v) is 12.2. The number of halogens is 4. The van der Waals surface area contributed by atoms with E-state index in [1.165, 1.54) is 16.4 Å². The highest BCUT2D eigenvalue weighted by Crippen LogP contribution is 2.40. The highest BCUT2D eigenvalue weighted by atomic mass is 32.2. The summed E-state index contributed by atoms with van der Waals surface area (Å²) in [6.07, 6.45) is -3.89. The van der Waals surface area contributed by atoms with E-state index < -0.39 is 34.0 Å². The predicted molar refractivity (Wildman–Crippen MR) is 189 cm³/mol. The molecule has 0 bridgehead atoms. The molecule has 0 unspecified atom stereocenters. The molecule has 0 spiro atoms. The summed E-state index contributed by atoms with van der Waals surface area (Å²) >= 11 is 1.10. The smallest absolute Gasteiger partial charge is 0.390 e. The van der Waals surface area contributed by atoms with Crippen molar-refractivity contribution >= 4 is 27.5 Å². The number of benzene rings is 2. The molecule has 1 N–H and O–H groups in total. The van der Waals surface area contributed by atoms with Crippen molar-refractivity contribution in [2.75, 3.05) is 75.8 Å². The van der Waals surface area contributed by atoms with E-state index in [0.717, 1.165) is 35.5 Å². The van der Waals surface area contributed by atoms with E-state index >= 15 is 0 Å². The molecule has 1 aromatic heterocycles. The van der Waals surface area contributed by atoms with Gasteiger partial charge in [-0.15, -0.1) is 11.8 Å². The molecule has 0 saturated carbocycles. The number of thioether (sulfide) groups is 1. The summed E-state index contributed by atoms with van der Waals surface area (Å²) in [5.74, 6) is 0.392. The molecule has 2 saturated heterocycles. The van der Waals surface area contributed by atoms with Crippen molar-refractivity contribution in [1.82, 2.24) is 23.9 Å². The van der Waals surface area contributed by atoms with Gasteiger partial charge in [0.2, 0.25) is 10.0 Å². The first-order valence-electron chi connectivity index (χ1n) is 17.2. The second kappa shape index (κ2) is 15.8. The lowest BCUT2D eigenvalue weighted by molar-refractivity contribution is -0.139. The summed E-state index contributed by atoms with van der Waals surface area (Å²) in [4.78, 5) is 6.43. The molecule has 3 aliphatic heterocycles. The van der Waals surface area contributed by atoms with Crippen LogP contribution in [0.15, 0.2) is 47.4 Å². The molecule has 0 amide bonds. The number of piperazine rings is 1. The van der Waals surface area contributed by atoms with E-state index in [0.29, 0.717) is 99.8 Å². The van der Waals surface area contributed by atoms with Crippen molar-refractivity contribution in [2.24, 2.45) is 0 Å². The molecule has 3 aliphatic rings. The fraction of sp³-hybridized carbons (Fsp3) is 0.543. The number of alkyl halides is 4. The minimum Gasteiger partial charge on any atom is -0.390 e. The Balaban J connectivity index is 1.20. The van der Waals surface area contributed by atoms with Gasteiger partial charge in [-0.3, -0.25) is 9.58 Å². The maximum atomic E-state index is 14.1. The highest BCUT2D eigenvalue weighted by Gasteiger charge is 2.35. The lowest BCUT2D eigenvalue weighted by atomic mass is 10.0. The molecule has 10 nitrogen and oxygen atoms in total. The van der Waals surface area contributed by atoms with Crippen molar-refractivity contribution in [2.45, 2.75) is 55.7 Å². The number of nitrogens with zero attached hydrogens (tertiary/aromatic N) is 7. The second-order valence-corrected chi connectivity index (χ2v) is 16.6. The topological polar surface area (TPSA) is 109 Å². The third-order valence-electron chi connectivity index (χ3n) is 9.90. The number of β-amino-alcohol motifs (C(OH)–C–C–N with tert-alkyl or cyclic N) is 1. The Kier molecular flexibility index (Phi) is 11.6. The van der Waals surface area contributed by atoms with Crippen molar-refractivity contribution < 1.29 is 31.1 Å². The molecule has 1 atom stereocenters. The molecule has 2 aromatic carbocycles. The maximum Gasteiger partial charge on any atom is 0.417 e. The highest BCUT2D eigenvalue weighted by molar-refractivity contribution is 7.99. The zero-order valence-corrected chi connectivity index (χ0v) is 30.2. The van der Waals surface area contributed by atoms with Crippen LogP contribution in [-0.2, 0) is 35.7 Å². The van der Waals surface area contributed by atoms with Gasteiger partial charge in [-0.1, -0.05) is 18.2 Å². The number of anilines is 1. The second-order valence-electron chi connectivity index (χ2n) is 13.4. The van der Waals surface area contributed by atoms with Crippen LogP contribution in [0.4, 0.5) is 23.2 Å². The minimum absolute atomic E-state index is 0.0275.